The molecule has 0 aliphatic heterocycles. The standard InChI is InChI=1S/C10H19P3.3C4H9.Sn/c1-9(2,3)7-11-8(13-12-7)10(4,5)6;3*1-3-4-2;/h12H,1-6H3;3*1,3-4H2,2H3;. The summed E-state index contributed by atoms with van der Waals surface area (Å²) in [5.41, 5.74) is 0.823. The Morgan fingerprint density at radius 1 is 0.731 bits per heavy atom. The first-order valence-corrected chi connectivity index (χ1v) is 20.5. The molecule has 0 saturated carbocycles. The number of rotatable bonds is 9. The predicted octanol–water partition coefficient (Wildman–Crippen LogP) is 10.4. The van der Waals surface area contributed by atoms with Gasteiger partial charge in [-0.15, -0.1) is 7.87 Å². The van der Waals surface area contributed by atoms with Crippen LogP contribution >= 0.6 is 23.9 Å². The van der Waals surface area contributed by atoms with Crippen LogP contribution in [0.1, 0.15) is 111 Å². The van der Waals surface area contributed by atoms with Crippen LogP contribution in [0.5, 0.6) is 0 Å². The Balaban J connectivity index is 0.000000481. The van der Waals surface area contributed by atoms with Crippen LogP contribution in [0.3, 0.4) is 0 Å². The fourth-order valence-corrected chi connectivity index (χ4v) is 19.6. The quantitative estimate of drug-likeness (QED) is 0.283. The summed E-state index contributed by atoms with van der Waals surface area (Å²) in [6, 6.07) is 0. The third-order valence-electron chi connectivity index (χ3n) is 4.52. The van der Waals surface area contributed by atoms with E-state index >= 15 is 0 Å². The molecule has 1 atom stereocenters. The second-order valence-corrected chi connectivity index (χ2v) is 22.8. The van der Waals surface area contributed by atoms with Crippen molar-refractivity contribution in [1.29, 1.82) is 0 Å². The maximum absolute atomic E-state index is 2.34. The van der Waals surface area contributed by atoms with Crippen molar-refractivity contribution in [2.75, 3.05) is 0 Å². The van der Waals surface area contributed by atoms with Gasteiger partial charge in [-0.1, -0.05) is 49.7 Å². The van der Waals surface area contributed by atoms with Crippen molar-refractivity contribution < 1.29 is 0 Å². The molecule has 4 heteroatoms. The average molecular weight is 522 g/mol. The monoisotopic (exact) mass is 523 g/mol. The second kappa shape index (κ2) is 14.4. The van der Waals surface area contributed by atoms with Gasteiger partial charge in [0.25, 0.3) is 0 Å². The Bertz CT molecular complexity index is 407. The van der Waals surface area contributed by atoms with Crippen molar-refractivity contribution in [3.63, 3.8) is 0 Å². The van der Waals surface area contributed by atoms with Crippen molar-refractivity contribution in [3.05, 3.63) is 10.1 Å². The Morgan fingerprint density at radius 3 is 1.38 bits per heavy atom. The molecule has 0 aliphatic carbocycles. The molecule has 1 radical (unpaired) electrons. The van der Waals surface area contributed by atoms with E-state index in [-0.39, 0.29) is 0 Å². The molecule has 1 heterocycles. The van der Waals surface area contributed by atoms with Gasteiger partial charge >= 0.3 is 92.4 Å². The number of hydrogen-bond acceptors (Lipinski definition) is 0. The Hall–Kier alpha value is 1.44. The van der Waals surface area contributed by atoms with Gasteiger partial charge in [0.05, 0.1) is 0 Å². The molecule has 0 spiro atoms. The summed E-state index contributed by atoms with van der Waals surface area (Å²) < 4.78 is 5.04. The van der Waals surface area contributed by atoms with E-state index in [2.05, 4.69) is 62.3 Å². The Morgan fingerprint density at radius 2 is 1.15 bits per heavy atom. The van der Waals surface area contributed by atoms with Gasteiger partial charge in [0.1, 0.15) is 0 Å². The molecular formula is C22H46P3Sn. The van der Waals surface area contributed by atoms with Crippen LogP contribution in [0.15, 0.2) is 0 Å². The topological polar surface area (TPSA) is 0 Å². The molecule has 26 heavy (non-hydrogen) atoms. The van der Waals surface area contributed by atoms with Crippen molar-refractivity contribution in [1.82, 2.24) is 0 Å². The van der Waals surface area contributed by atoms with E-state index in [9.17, 15) is 0 Å². The van der Waals surface area contributed by atoms with Crippen LogP contribution in [-0.4, -0.2) is 19.8 Å². The summed E-state index contributed by atoms with van der Waals surface area (Å²) in [6.45, 7) is 21.0. The van der Waals surface area contributed by atoms with Crippen molar-refractivity contribution in [2.24, 2.45) is 0 Å². The van der Waals surface area contributed by atoms with E-state index < -0.39 is 19.8 Å². The van der Waals surface area contributed by atoms with Crippen LogP contribution in [0.4, 0.5) is 0 Å². The summed E-state index contributed by atoms with van der Waals surface area (Å²) in [6.07, 6.45) is 8.85. The first-order valence-electron chi connectivity index (χ1n) is 10.8. The van der Waals surface area contributed by atoms with Crippen molar-refractivity contribution >= 4 is 43.7 Å². The van der Waals surface area contributed by atoms with Gasteiger partial charge in [0, 0.05) is 10.1 Å². The van der Waals surface area contributed by atoms with Gasteiger partial charge < -0.3 is 0 Å². The predicted molar refractivity (Wildman–Crippen MR) is 133 cm³/mol. The fourth-order valence-electron chi connectivity index (χ4n) is 2.59. The van der Waals surface area contributed by atoms with Gasteiger partial charge in [-0.25, -0.2) is 0 Å². The number of unbranched alkanes of at least 4 members (excludes halogenated alkanes) is 3. The fraction of sp³-hybridized carbons (Fsp3) is 0.909. The molecule has 0 N–H and O–H groups in total. The van der Waals surface area contributed by atoms with Crippen LogP contribution in [0.2, 0.25) is 13.3 Å². The van der Waals surface area contributed by atoms with E-state index in [4.69, 9.17) is 0 Å². The Labute approximate surface area is 178 Å². The average Bonchev–Trinajstić information content (AvgIpc) is 3.05. The van der Waals surface area contributed by atoms with Crippen LogP contribution in [0.25, 0.3) is 0 Å². The van der Waals surface area contributed by atoms with Gasteiger partial charge in [-0.3, -0.25) is 0 Å². The molecule has 153 valence electrons. The van der Waals surface area contributed by atoms with E-state index in [0.717, 1.165) is 7.87 Å². The van der Waals surface area contributed by atoms with Crippen LogP contribution < -0.4 is 0 Å². The number of hydrogen-bond donors (Lipinski definition) is 0. The summed E-state index contributed by atoms with van der Waals surface area (Å²) in [4.78, 5) is 0. The van der Waals surface area contributed by atoms with Crippen LogP contribution in [-0.2, 0) is 10.8 Å². The third kappa shape index (κ3) is 12.8. The first-order chi connectivity index (χ1) is 12.1. The summed E-state index contributed by atoms with van der Waals surface area (Å²) in [5.74, 6) is 0. The molecular weight excluding hydrogens is 476 g/mol. The van der Waals surface area contributed by atoms with Gasteiger partial charge in [-0.05, 0) is 18.7 Å². The summed E-state index contributed by atoms with van der Waals surface area (Å²) in [5, 5.41) is 3.44. The molecule has 0 aromatic carbocycles. The van der Waals surface area contributed by atoms with E-state index in [1.54, 1.807) is 39.4 Å². The third-order valence-corrected chi connectivity index (χ3v) is 21.4. The molecule has 1 aromatic heterocycles. The summed E-state index contributed by atoms with van der Waals surface area (Å²) >= 11 is -0.839. The molecule has 0 amide bonds. The zero-order chi connectivity index (χ0) is 20.2. The molecule has 0 saturated heterocycles. The SMILES string of the molecule is CC(C)(C)c1p[pH]c(C(C)(C)C)p1.CCC[CH2][Sn]([CH2]CCC)[CH2]CCC. The van der Waals surface area contributed by atoms with Gasteiger partial charge in [-0.2, -0.15) is 0 Å². The molecule has 1 rings (SSSR count). The molecule has 1 unspecified atom stereocenters. The maximum atomic E-state index is 2.34. The summed E-state index contributed by atoms with van der Waals surface area (Å²) in [7, 11) is 4.18. The minimum absolute atomic E-state index is 0.406. The van der Waals surface area contributed by atoms with Gasteiger partial charge in [0.15, 0.2) is 0 Å². The molecule has 0 bridgehead atoms. The second-order valence-electron chi connectivity index (χ2n) is 9.57. The van der Waals surface area contributed by atoms with E-state index in [1.165, 1.54) is 38.5 Å². The van der Waals surface area contributed by atoms with Gasteiger partial charge in [0.2, 0.25) is 0 Å². The molecule has 0 nitrogen and oxygen atoms in total. The molecule has 0 fully saturated rings. The zero-order valence-corrected chi connectivity index (χ0v) is 24.9. The zero-order valence-electron chi connectivity index (χ0n) is 19.3. The van der Waals surface area contributed by atoms with E-state index in [0.29, 0.717) is 10.8 Å². The Kier molecular flexibility index (Phi) is 15.2. The van der Waals surface area contributed by atoms with Crippen molar-refractivity contribution in [3.8, 4) is 0 Å². The molecule has 0 aliphatic rings. The first kappa shape index (κ1) is 27.4. The van der Waals surface area contributed by atoms with E-state index in [1.807, 2.05) is 0 Å². The normalized spacial score (nSPS) is 13.2. The van der Waals surface area contributed by atoms with Crippen molar-refractivity contribution in [2.45, 2.75) is 125 Å². The minimum atomic E-state index is -0.839. The molecule has 1 aromatic rings. The van der Waals surface area contributed by atoms with Crippen LogP contribution in [0, 0.1) is 0 Å².